The fourth-order valence-corrected chi connectivity index (χ4v) is 5.60. The van der Waals surface area contributed by atoms with Gasteiger partial charge in [-0.15, -0.1) is 0 Å². The van der Waals surface area contributed by atoms with Crippen molar-refractivity contribution in [1.29, 1.82) is 0 Å². The molecular weight excluding hydrogens is 382 g/mol. The zero-order valence-corrected chi connectivity index (χ0v) is 18.0. The Kier molecular flexibility index (Phi) is 5.28. The van der Waals surface area contributed by atoms with Gasteiger partial charge in [0.15, 0.2) is 12.4 Å². The number of aryl methyl sites for hydroxylation is 2. The van der Waals surface area contributed by atoms with Crippen molar-refractivity contribution in [1.82, 2.24) is 4.90 Å². The second kappa shape index (κ2) is 7.64. The Bertz CT molecular complexity index is 892. The van der Waals surface area contributed by atoms with E-state index in [9.17, 15) is 19.2 Å². The van der Waals surface area contributed by atoms with Gasteiger partial charge in [-0.1, -0.05) is 26.0 Å². The molecule has 1 aliphatic heterocycles. The molecule has 6 nitrogen and oxygen atoms in total. The minimum Gasteiger partial charge on any atom is -0.456 e. The van der Waals surface area contributed by atoms with E-state index in [0.29, 0.717) is 5.56 Å². The third kappa shape index (κ3) is 3.26. The molecular formula is C24H29NO5. The van der Waals surface area contributed by atoms with Crippen molar-refractivity contribution in [2.75, 3.05) is 6.61 Å². The SMILES string of the molecule is Cc1ccc(C(=O)COC(=O)[C@@H](C(C)C)N2C(=O)[C@H]3[C@@H]4CC[C@@H](C4)[C@@H]3C2=O)cc1C. The lowest BCUT2D eigenvalue weighted by Crippen LogP contribution is -2.50. The van der Waals surface area contributed by atoms with E-state index in [4.69, 9.17) is 4.74 Å². The Morgan fingerprint density at radius 3 is 2.17 bits per heavy atom. The van der Waals surface area contributed by atoms with Crippen LogP contribution in [0, 0.1) is 43.4 Å². The summed E-state index contributed by atoms with van der Waals surface area (Å²) in [6, 6.07) is 4.36. The van der Waals surface area contributed by atoms with Gasteiger partial charge >= 0.3 is 5.97 Å². The maximum Gasteiger partial charge on any atom is 0.330 e. The van der Waals surface area contributed by atoms with Crippen molar-refractivity contribution in [3.8, 4) is 0 Å². The largest absolute Gasteiger partial charge is 0.456 e. The minimum absolute atomic E-state index is 0.228. The summed E-state index contributed by atoms with van der Waals surface area (Å²) in [5, 5.41) is 0. The highest BCUT2D eigenvalue weighted by Crippen LogP contribution is 2.56. The zero-order chi connectivity index (χ0) is 21.7. The summed E-state index contributed by atoms with van der Waals surface area (Å²) in [5.41, 5.74) is 2.54. The summed E-state index contributed by atoms with van der Waals surface area (Å²) in [5.74, 6) is -1.77. The van der Waals surface area contributed by atoms with Crippen LogP contribution in [-0.2, 0) is 19.1 Å². The van der Waals surface area contributed by atoms with Gasteiger partial charge in [-0.2, -0.15) is 0 Å². The first-order valence-corrected chi connectivity index (χ1v) is 10.8. The number of nitrogens with zero attached hydrogens (tertiary/aromatic N) is 1. The first-order chi connectivity index (χ1) is 14.2. The number of amides is 2. The van der Waals surface area contributed by atoms with E-state index in [1.807, 2.05) is 19.9 Å². The molecule has 0 unspecified atom stereocenters. The number of carbonyl (C=O) groups excluding carboxylic acids is 4. The molecule has 4 rings (SSSR count). The summed E-state index contributed by atoms with van der Waals surface area (Å²) < 4.78 is 5.32. The second-order valence-corrected chi connectivity index (χ2v) is 9.45. The highest BCUT2D eigenvalue weighted by Gasteiger charge is 2.62. The predicted octanol–water partition coefficient (Wildman–Crippen LogP) is 3.09. The van der Waals surface area contributed by atoms with Gasteiger partial charge in [0.1, 0.15) is 6.04 Å². The molecule has 2 aliphatic carbocycles. The van der Waals surface area contributed by atoms with Gasteiger partial charge in [0.2, 0.25) is 11.8 Å². The number of likely N-dealkylation sites (tertiary alicyclic amines) is 1. The molecule has 2 amide bonds. The number of rotatable bonds is 6. The molecule has 1 aromatic carbocycles. The van der Waals surface area contributed by atoms with Gasteiger partial charge in [0, 0.05) is 5.56 Å². The van der Waals surface area contributed by atoms with Crippen LogP contribution in [0.5, 0.6) is 0 Å². The van der Waals surface area contributed by atoms with E-state index < -0.39 is 18.6 Å². The van der Waals surface area contributed by atoms with Crippen molar-refractivity contribution >= 4 is 23.6 Å². The van der Waals surface area contributed by atoms with Crippen molar-refractivity contribution in [3.63, 3.8) is 0 Å². The summed E-state index contributed by atoms with van der Waals surface area (Å²) >= 11 is 0. The number of ketones is 1. The van der Waals surface area contributed by atoms with E-state index in [1.54, 1.807) is 26.0 Å². The second-order valence-electron chi connectivity index (χ2n) is 9.45. The van der Waals surface area contributed by atoms with Crippen LogP contribution < -0.4 is 0 Å². The molecule has 3 aliphatic rings. The van der Waals surface area contributed by atoms with Gasteiger partial charge in [0.05, 0.1) is 11.8 Å². The van der Waals surface area contributed by atoms with Crippen LogP contribution in [0.15, 0.2) is 18.2 Å². The molecule has 0 aromatic heterocycles. The van der Waals surface area contributed by atoms with Crippen molar-refractivity contribution < 1.29 is 23.9 Å². The lowest BCUT2D eigenvalue weighted by atomic mass is 9.81. The summed E-state index contributed by atoms with van der Waals surface area (Å²) in [4.78, 5) is 52.7. The summed E-state index contributed by atoms with van der Waals surface area (Å²) in [6.07, 6.45) is 2.92. The average molecular weight is 411 g/mol. The standard InChI is InChI=1S/C24H29NO5/c1-12(2)21(24(29)30-11-18(26)15-6-5-13(3)14(4)9-15)25-22(27)19-16-7-8-17(10-16)20(19)23(25)28/h5-6,9,12,16-17,19-21H,7-8,10-11H2,1-4H3/t16-,17+,19-,20-,21+/m0/s1. The van der Waals surface area contributed by atoms with E-state index in [-0.39, 0.29) is 47.2 Å². The number of fused-ring (bicyclic) bond motifs is 5. The highest BCUT2D eigenvalue weighted by atomic mass is 16.5. The lowest BCUT2D eigenvalue weighted by molar-refractivity contribution is -0.160. The van der Waals surface area contributed by atoms with E-state index in [2.05, 4.69) is 0 Å². The maximum absolute atomic E-state index is 13.1. The van der Waals surface area contributed by atoms with E-state index in [1.165, 1.54) is 0 Å². The fraction of sp³-hybridized carbons (Fsp3) is 0.583. The quantitative estimate of drug-likeness (QED) is 0.408. The number of carbonyl (C=O) groups is 4. The Hall–Kier alpha value is -2.50. The molecule has 1 heterocycles. The third-order valence-corrected chi connectivity index (χ3v) is 7.29. The van der Waals surface area contributed by atoms with Gasteiger partial charge in [-0.3, -0.25) is 19.3 Å². The molecule has 160 valence electrons. The monoisotopic (exact) mass is 411 g/mol. The molecule has 2 bridgehead atoms. The minimum atomic E-state index is -0.984. The van der Waals surface area contributed by atoms with E-state index in [0.717, 1.165) is 35.3 Å². The summed E-state index contributed by atoms with van der Waals surface area (Å²) in [7, 11) is 0. The van der Waals surface area contributed by atoms with Crippen LogP contribution in [-0.4, -0.2) is 41.1 Å². The first-order valence-electron chi connectivity index (χ1n) is 10.8. The normalized spacial score (nSPS) is 28.2. The van der Waals surface area contributed by atoms with Crippen molar-refractivity contribution in [2.45, 2.75) is 53.0 Å². The Morgan fingerprint density at radius 1 is 1.03 bits per heavy atom. The number of esters is 1. The average Bonchev–Trinajstić information content (AvgIpc) is 3.38. The molecule has 0 radical (unpaired) electrons. The molecule has 6 heteroatoms. The van der Waals surface area contributed by atoms with Crippen LogP contribution in [0.1, 0.15) is 54.6 Å². The summed E-state index contributed by atoms with van der Waals surface area (Å²) in [6.45, 7) is 7.06. The number of hydrogen-bond acceptors (Lipinski definition) is 5. The topological polar surface area (TPSA) is 80.8 Å². The molecule has 1 saturated heterocycles. The van der Waals surface area contributed by atoms with Crippen LogP contribution in [0.3, 0.4) is 0 Å². The molecule has 5 atom stereocenters. The molecule has 3 fully saturated rings. The predicted molar refractivity (Wildman–Crippen MR) is 109 cm³/mol. The molecule has 30 heavy (non-hydrogen) atoms. The van der Waals surface area contributed by atoms with Crippen LogP contribution in [0.2, 0.25) is 0 Å². The van der Waals surface area contributed by atoms with E-state index >= 15 is 0 Å². The molecule has 2 saturated carbocycles. The molecule has 0 N–H and O–H groups in total. The lowest BCUT2D eigenvalue weighted by Gasteiger charge is -2.28. The Balaban J connectivity index is 1.47. The highest BCUT2D eigenvalue weighted by molar-refractivity contribution is 6.09. The molecule has 1 aromatic rings. The first kappa shape index (κ1) is 20.8. The van der Waals surface area contributed by atoms with Gasteiger partial charge in [0.25, 0.3) is 0 Å². The Morgan fingerprint density at radius 2 is 1.63 bits per heavy atom. The van der Waals surface area contributed by atoms with Gasteiger partial charge in [-0.05, 0) is 68.1 Å². The number of hydrogen-bond donors (Lipinski definition) is 0. The Labute approximate surface area is 177 Å². The third-order valence-electron chi connectivity index (χ3n) is 7.29. The van der Waals surface area contributed by atoms with Crippen LogP contribution >= 0.6 is 0 Å². The van der Waals surface area contributed by atoms with Gasteiger partial charge in [-0.25, -0.2) is 4.79 Å². The molecule has 0 spiro atoms. The number of ether oxygens (including phenoxy) is 1. The van der Waals surface area contributed by atoms with Crippen molar-refractivity contribution in [3.05, 3.63) is 34.9 Å². The smallest absolute Gasteiger partial charge is 0.330 e. The number of imide groups is 1. The number of benzene rings is 1. The van der Waals surface area contributed by atoms with Crippen LogP contribution in [0.25, 0.3) is 0 Å². The van der Waals surface area contributed by atoms with Crippen LogP contribution in [0.4, 0.5) is 0 Å². The fourth-order valence-electron chi connectivity index (χ4n) is 5.60. The number of Topliss-reactive ketones (excluding diaryl/α,β-unsaturated/α-hetero) is 1. The van der Waals surface area contributed by atoms with Crippen molar-refractivity contribution in [2.24, 2.45) is 29.6 Å². The zero-order valence-electron chi connectivity index (χ0n) is 18.0. The maximum atomic E-state index is 13.1. The van der Waals surface area contributed by atoms with Gasteiger partial charge < -0.3 is 4.74 Å².